The SMILES string of the molecule is Cc1cnc(C(=O)N2CCCC2CCc2cnc(-c3c(C)noc3C)cn2)cn1. The first-order valence-corrected chi connectivity index (χ1v) is 9.86. The van der Waals surface area contributed by atoms with Crippen molar-refractivity contribution in [1.29, 1.82) is 0 Å². The van der Waals surface area contributed by atoms with Crippen molar-refractivity contribution in [3.63, 3.8) is 0 Å². The molecule has 1 amide bonds. The molecule has 3 aromatic rings. The second-order valence-electron chi connectivity index (χ2n) is 7.47. The molecule has 0 radical (unpaired) electrons. The van der Waals surface area contributed by atoms with Crippen LogP contribution in [0.5, 0.6) is 0 Å². The zero-order valence-corrected chi connectivity index (χ0v) is 16.9. The largest absolute Gasteiger partial charge is 0.361 e. The van der Waals surface area contributed by atoms with Crippen LogP contribution in [0.1, 0.15) is 52.6 Å². The summed E-state index contributed by atoms with van der Waals surface area (Å²) in [4.78, 5) is 32.2. The first-order chi connectivity index (χ1) is 14.0. The second-order valence-corrected chi connectivity index (χ2v) is 7.47. The van der Waals surface area contributed by atoms with E-state index in [0.717, 1.165) is 66.3 Å². The predicted octanol–water partition coefficient (Wildman–Crippen LogP) is 3.08. The molecule has 1 atom stereocenters. The van der Waals surface area contributed by atoms with Crippen LogP contribution in [0.3, 0.4) is 0 Å². The third kappa shape index (κ3) is 4.01. The molecule has 0 aromatic carbocycles. The van der Waals surface area contributed by atoms with Crippen molar-refractivity contribution in [2.45, 2.75) is 52.5 Å². The molecule has 0 spiro atoms. The topological polar surface area (TPSA) is 97.9 Å². The number of nitrogens with zero attached hydrogens (tertiary/aromatic N) is 6. The van der Waals surface area contributed by atoms with Gasteiger partial charge in [0.15, 0.2) is 0 Å². The van der Waals surface area contributed by atoms with Gasteiger partial charge in [0.2, 0.25) is 0 Å². The Bertz CT molecular complexity index is 978. The van der Waals surface area contributed by atoms with Crippen molar-refractivity contribution in [1.82, 2.24) is 30.0 Å². The van der Waals surface area contributed by atoms with Gasteiger partial charge in [-0.25, -0.2) is 4.98 Å². The predicted molar refractivity (Wildman–Crippen MR) is 106 cm³/mol. The third-order valence-electron chi connectivity index (χ3n) is 5.37. The summed E-state index contributed by atoms with van der Waals surface area (Å²) in [5.74, 6) is 0.698. The molecule has 3 aromatic heterocycles. The Hall–Kier alpha value is -3.16. The smallest absolute Gasteiger partial charge is 0.274 e. The molecule has 0 saturated carbocycles. The van der Waals surface area contributed by atoms with Gasteiger partial charge in [0.25, 0.3) is 5.91 Å². The number of carbonyl (C=O) groups is 1. The molecule has 1 saturated heterocycles. The molecule has 4 rings (SSSR count). The Labute approximate surface area is 169 Å². The minimum atomic E-state index is -0.0418. The van der Waals surface area contributed by atoms with Crippen LogP contribution in [0.4, 0.5) is 0 Å². The molecule has 4 heterocycles. The van der Waals surface area contributed by atoms with E-state index in [1.165, 1.54) is 0 Å². The van der Waals surface area contributed by atoms with Crippen molar-refractivity contribution in [2.75, 3.05) is 6.54 Å². The van der Waals surface area contributed by atoms with Gasteiger partial charge in [-0.2, -0.15) is 0 Å². The lowest BCUT2D eigenvalue weighted by Gasteiger charge is -2.24. The third-order valence-corrected chi connectivity index (χ3v) is 5.37. The minimum Gasteiger partial charge on any atom is -0.361 e. The summed E-state index contributed by atoms with van der Waals surface area (Å²) in [5.41, 5.74) is 4.60. The summed E-state index contributed by atoms with van der Waals surface area (Å²) in [7, 11) is 0. The monoisotopic (exact) mass is 392 g/mol. The summed E-state index contributed by atoms with van der Waals surface area (Å²) in [5, 5.41) is 3.97. The molecule has 1 fully saturated rings. The van der Waals surface area contributed by atoms with E-state index >= 15 is 0 Å². The van der Waals surface area contributed by atoms with Crippen molar-refractivity contribution in [3.05, 3.63) is 53.3 Å². The van der Waals surface area contributed by atoms with Gasteiger partial charge >= 0.3 is 0 Å². The molecular formula is C21H24N6O2. The number of amides is 1. The van der Waals surface area contributed by atoms with Gasteiger partial charge in [-0.3, -0.25) is 19.7 Å². The van der Waals surface area contributed by atoms with Gasteiger partial charge < -0.3 is 9.42 Å². The number of aromatic nitrogens is 5. The highest BCUT2D eigenvalue weighted by Gasteiger charge is 2.30. The van der Waals surface area contributed by atoms with Crippen LogP contribution in [0.15, 0.2) is 29.3 Å². The summed E-state index contributed by atoms with van der Waals surface area (Å²) >= 11 is 0. The minimum absolute atomic E-state index is 0.0418. The van der Waals surface area contributed by atoms with Crippen LogP contribution in [-0.2, 0) is 6.42 Å². The van der Waals surface area contributed by atoms with E-state index in [0.29, 0.717) is 5.69 Å². The van der Waals surface area contributed by atoms with E-state index in [-0.39, 0.29) is 11.9 Å². The molecule has 0 bridgehead atoms. The van der Waals surface area contributed by atoms with Gasteiger partial charge in [-0.1, -0.05) is 5.16 Å². The molecule has 0 aliphatic carbocycles. The number of carbonyl (C=O) groups excluding carboxylic acids is 1. The first-order valence-electron chi connectivity index (χ1n) is 9.86. The molecular weight excluding hydrogens is 368 g/mol. The van der Waals surface area contributed by atoms with Crippen LogP contribution < -0.4 is 0 Å². The molecule has 29 heavy (non-hydrogen) atoms. The summed E-state index contributed by atoms with van der Waals surface area (Å²) in [6, 6.07) is 0.189. The molecule has 1 unspecified atom stereocenters. The molecule has 150 valence electrons. The second kappa shape index (κ2) is 8.06. The average Bonchev–Trinajstić information content (AvgIpc) is 3.33. The van der Waals surface area contributed by atoms with Gasteiger partial charge in [0, 0.05) is 25.0 Å². The van der Waals surface area contributed by atoms with Crippen molar-refractivity contribution < 1.29 is 9.32 Å². The summed E-state index contributed by atoms with van der Waals surface area (Å²) in [6.07, 6.45) is 10.4. The quantitative estimate of drug-likeness (QED) is 0.658. The van der Waals surface area contributed by atoms with E-state index in [1.54, 1.807) is 24.8 Å². The van der Waals surface area contributed by atoms with Crippen molar-refractivity contribution >= 4 is 5.91 Å². The Kier molecular flexibility index (Phi) is 5.33. The van der Waals surface area contributed by atoms with Gasteiger partial charge in [0.05, 0.1) is 40.7 Å². The maximum Gasteiger partial charge on any atom is 0.274 e. The molecule has 1 aliphatic heterocycles. The average molecular weight is 392 g/mol. The van der Waals surface area contributed by atoms with Gasteiger partial charge in [-0.05, 0) is 46.5 Å². The Morgan fingerprint density at radius 1 is 1.10 bits per heavy atom. The van der Waals surface area contributed by atoms with E-state index in [9.17, 15) is 4.79 Å². The van der Waals surface area contributed by atoms with Crippen LogP contribution in [-0.4, -0.2) is 48.5 Å². The van der Waals surface area contributed by atoms with E-state index in [2.05, 4.69) is 25.1 Å². The van der Waals surface area contributed by atoms with Crippen LogP contribution in [0, 0.1) is 20.8 Å². The number of hydrogen-bond acceptors (Lipinski definition) is 7. The lowest BCUT2D eigenvalue weighted by Crippen LogP contribution is -2.36. The normalized spacial score (nSPS) is 16.4. The van der Waals surface area contributed by atoms with E-state index < -0.39 is 0 Å². The fourth-order valence-electron chi connectivity index (χ4n) is 3.83. The van der Waals surface area contributed by atoms with Crippen LogP contribution in [0.25, 0.3) is 11.3 Å². The first kappa shape index (κ1) is 19.2. The number of hydrogen-bond donors (Lipinski definition) is 0. The number of likely N-dealkylation sites (tertiary alicyclic amines) is 1. The zero-order chi connectivity index (χ0) is 20.4. The Balaban J connectivity index is 1.40. The highest BCUT2D eigenvalue weighted by Crippen LogP contribution is 2.25. The molecule has 1 aliphatic rings. The van der Waals surface area contributed by atoms with Crippen LogP contribution >= 0.6 is 0 Å². The van der Waals surface area contributed by atoms with E-state index in [4.69, 9.17) is 4.52 Å². The lowest BCUT2D eigenvalue weighted by atomic mass is 10.1. The lowest BCUT2D eigenvalue weighted by molar-refractivity contribution is 0.0724. The van der Waals surface area contributed by atoms with Crippen LogP contribution in [0.2, 0.25) is 0 Å². The maximum absolute atomic E-state index is 12.8. The van der Waals surface area contributed by atoms with Crippen molar-refractivity contribution in [2.24, 2.45) is 0 Å². The number of aryl methyl sites for hydroxylation is 4. The Morgan fingerprint density at radius 2 is 1.97 bits per heavy atom. The van der Waals surface area contributed by atoms with Gasteiger partial charge in [0.1, 0.15) is 11.5 Å². The maximum atomic E-state index is 12.8. The molecule has 0 N–H and O–H groups in total. The fourth-order valence-corrected chi connectivity index (χ4v) is 3.83. The highest BCUT2D eigenvalue weighted by atomic mass is 16.5. The highest BCUT2D eigenvalue weighted by molar-refractivity contribution is 5.92. The van der Waals surface area contributed by atoms with E-state index in [1.807, 2.05) is 25.7 Å². The zero-order valence-electron chi connectivity index (χ0n) is 16.9. The standard InChI is InChI=1S/C21H24N6O2/c1-13-9-24-19(12-22-13)21(28)27-8-4-5-17(27)7-6-16-10-25-18(11-23-16)20-14(2)26-29-15(20)3/h9-12,17H,4-8H2,1-3H3. The number of rotatable bonds is 5. The van der Waals surface area contributed by atoms with Gasteiger partial charge in [-0.15, -0.1) is 0 Å². The fraction of sp³-hybridized carbons (Fsp3) is 0.429. The van der Waals surface area contributed by atoms with Crippen molar-refractivity contribution in [3.8, 4) is 11.3 Å². The summed E-state index contributed by atoms with van der Waals surface area (Å²) < 4.78 is 5.21. The molecule has 8 heteroatoms. The Morgan fingerprint density at radius 3 is 2.62 bits per heavy atom. The summed E-state index contributed by atoms with van der Waals surface area (Å²) in [6.45, 7) is 6.38. The molecule has 8 nitrogen and oxygen atoms in total.